The number of hydrogen-bond acceptors (Lipinski definition) is 3. The second-order valence-electron chi connectivity index (χ2n) is 6.08. The summed E-state index contributed by atoms with van der Waals surface area (Å²) in [4.78, 5) is 14.5. The monoisotopic (exact) mass is 326 g/mol. The SMILES string of the molecule is COc1cccc(CN(C)C(C)C(=O)NC(C)c2ccccc2)c1. The number of nitrogens with zero attached hydrogens (tertiary/aromatic N) is 1. The number of ether oxygens (including phenoxy) is 1. The molecule has 0 spiro atoms. The van der Waals surface area contributed by atoms with Crippen LogP contribution in [0.5, 0.6) is 5.75 Å². The van der Waals surface area contributed by atoms with Gasteiger partial charge in [0.15, 0.2) is 0 Å². The number of amides is 1. The van der Waals surface area contributed by atoms with Gasteiger partial charge >= 0.3 is 0 Å². The largest absolute Gasteiger partial charge is 0.497 e. The number of rotatable bonds is 7. The maximum atomic E-state index is 12.5. The van der Waals surface area contributed by atoms with Crippen LogP contribution in [-0.2, 0) is 11.3 Å². The van der Waals surface area contributed by atoms with Gasteiger partial charge in [-0.05, 0) is 44.2 Å². The van der Waals surface area contributed by atoms with Crippen LogP contribution in [0.4, 0.5) is 0 Å². The first-order valence-corrected chi connectivity index (χ1v) is 8.19. The van der Waals surface area contributed by atoms with Crippen molar-refractivity contribution >= 4 is 5.91 Å². The molecule has 128 valence electrons. The highest BCUT2D eigenvalue weighted by Gasteiger charge is 2.20. The molecule has 0 radical (unpaired) electrons. The van der Waals surface area contributed by atoms with Crippen molar-refractivity contribution in [3.05, 3.63) is 65.7 Å². The predicted molar refractivity (Wildman–Crippen MR) is 96.9 cm³/mol. The van der Waals surface area contributed by atoms with Gasteiger partial charge in [0.25, 0.3) is 0 Å². The first kappa shape index (κ1) is 18.0. The Bertz CT molecular complexity index is 658. The topological polar surface area (TPSA) is 41.6 Å². The number of carbonyl (C=O) groups excluding carboxylic acids is 1. The summed E-state index contributed by atoms with van der Waals surface area (Å²) in [7, 11) is 3.61. The first-order chi connectivity index (χ1) is 11.5. The standard InChI is InChI=1S/C20H26N2O2/c1-15(18-10-6-5-7-11-18)21-20(23)16(2)22(3)14-17-9-8-12-19(13-17)24-4/h5-13,15-16H,14H2,1-4H3,(H,21,23). The van der Waals surface area contributed by atoms with Gasteiger partial charge in [-0.25, -0.2) is 0 Å². The Labute approximate surface area is 144 Å². The van der Waals surface area contributed by atoms with E-state index in [4.69, 9.17) is 4.74 Å². The number of likely N-dealkylation sites (N-methyl/N-ethyl adjacent to an activating group) is 1. The zero-order valence-electron chi connectivity index (χ0n) is 14.8. The van der Waals surface area contributed by atoms with E-state index in [1.807, 2.05) is 80.4 Å². The molecule has 24 heavy (non-hydrogen) atoms. The van der Waals surface area contributed by atoms with Gasteiger partial charge in [-0.15, -0.1) is 0 Å². The van der Waals surface area contributed by atoms with Crippen LogP contribution in [0.15, 0.2) is 54.6 Å². The number of hydrogen-bond donors (Lipinski definition) is 1. The summed E-state index contributed by atoms with van der Waals surface area (Å²) in [6.45, 7) is 4.61. The lowest BCUT2D eigenvalue weighted by atomic mass is 10.1. The molecule has 0 heterocycles. The Balaban J connectivity index is 1.94. The van der Waals surface area contributed by atoms with Gasteiger partial charge in [-0.3, -0.25) is 9.69 Å². The van der Waals surface area contributed by atoms with E-state index in [0.29, 0.717) is 6.54 Å². The lowest BCUT2D eigenvalue weighted by Gasteiger charge is -2.26. The van der Waals surface area contributed by atoms with Crippen molar-refractivity contribution in [2.75, 3.05) is 14.2 Å². The van der Waals surface area contributed by atoms with Crippen LogP contribution in [0.25, 0.3) is 0 Å². The molecule has 2 atom stereocenters. The van der Waals surface area contributed by atoms with Crippen molar-refractivity contribution in [3.63, 3.8) is 0 Å². The van der Waals surface area contributed by atoms with Gasteiger partial charge in [-0.2, -0.15) is 0 Å². The molecule has 0 saturated heterocycles. The molecule has 2 unspecified atom stereocenters. The Hall–Kier alpha value is -2.33. The summed E-state index contributed by atoms with van der Waals surface area (Å²) in [5, 5.41) is 3.08. The van der Waals surface area contributed by atoms with Crippen LogP contribution in [0, 0.1) is 0 Å². The maximum Gasteiger partial charge on any atom is 0.237 e. The van der Waals surface area contributed by atoms with E-state index >= 15 is 0 Å². The summed E-state index contributed by atoms with van der Waals surface area (Å²) in [5.41, 5.74) is 2.22. The molecule has 1 N–H and O–H groups in total. The smallest absolute Gasteiger partial charge is 0.237 e. The molecule has 0 bridgehead atoms. The van der Waals surface area contributed by atoms with Gasteiger partial charge < -0.3 is 10.1 Å². The van der Waals surface area contributed by atoms with Gasteiger partial charge in [0.05, 0.1) is 19.2 Å². The molecule has 0 fully saturated rings. The van der Waals surface area contributed by atoms with Crippen molar-refractivity contribution in [2.24, 2.45) is 0 Å². The van der Waals surface area contributed by atoms with Crippen LogP contribution in [0.2, 0.25) is 0 Å². The summed E-state index contributed by atoms with van der Waals surface area (Å²) in [5.74, 6) is 0.854. The Morgan fingerprint density at radius 1 is 1.12 bits per heavy atom. The van der Waals surface area contributed by atoms with Crippen molar-refractivity contribution in [3.8, 4) is 5.75 Å². The van der Waals surface area contributed by atoms with Crippen LogP contribution in [0.3, 0.4) is 0 Å². The zero-order chi connectivity index (χ0) is 17.5. The molecule has 0 aliphatic carbocycles. The predicted octanol–water partition coefficient (Wildman–Crippen LogP) is 3.39. The van der Waals surface area contributed by atoms with Crippen molar-refractivity contribution in [2.45, 2.75) is 32.5 Å². The van der Waals surface area contributed by atoms with Gasteiger partial charge in [-0.1, -0.05) is 42.5 Å². The van der Waals surface area contributed by atoms with Crippen molar-refractivity contribution in [1.29, 1.82) is 0 Å². The average Bonchev–Trinajstić information content (AvgIpc) is 2.61. The summed E-state index contributed by atoms with van der Waals surface area (Å²) < 4.78 is 5.25. The minimum absolute atomic E-state index is 0.00799. The fourth-order valence-corrected chi connectivity index (χ4v) is 2.55. The highest BCUT2D eigenvalue weighted by Crippen LogP contribution is 2.16. The van der Waals surface area contributed by atoms with E-state index < -0.39 is 0 Å². The lowest BCUT2D eigenvalue weighted by molar-refractivity contribution is -0.126. The molecule has 0 aliphatic rings. The van der Waals surface area contributed by atoms with E-state index in [1.165, 1.54) is 0 Å². The second kappa shape index (κ2) is 8.50. The Kier molecular flexibility index (Phi) is 6.38. The molecule has 0 saturated carbocycles. The number of benzene rings is 2. The van der Waals surface area contributed by atoms with E-state index in [9.17, 15) is 4.79 Å². The fraction of sp³-hybridized carbons (Fsp3) is 0.350. The Morgan fingerprint density at radius 2 is 1.83 bits per heavy atom. The highest BCUT2D eigenvalue weighted by atomic mass is 16.5. The summed E-state index contributed by atoms with van der Waals surface area (Å²) in [6.07, 6.45) is 0. The van der Waals surface area contributed by atoms with E-state index in [1.54, 1.807) is 7.11 Å². The normalized spacial score (nSPS) is 13.4. The number of methoxy groups -OCH3 is 1. The van der Waals surface area contributed by atoms with Crippen LogP contribution >= 0.6 is 0 Å². The molecule has 0 aliphatic heterocycles. The van der Waals surface area contributed by atoms with Crippen LogP contribution in [0.1, 0.15) is 31.0 Å². The quantitative estimate of drug-likeness (QED) is 0.848. The van der Waals surface area contributed by atoms with E-state index in [0.717, 1.165) is 16.9 Å². The van der Waals surface area contributed by atoms with Gasteiger partial charge in [0.2, 0.25) is 5.91 Å². The maximum absolute atomic E-state index is 12.5. The summed E-state index contributed by atoms with van der Waals surface area (Å²) >= 11 is 0. The molecule has 2 rings (SSSR count). The molecule has 4 heteroatoms. The van der Waals surface area contributed by atoms with Crippen LogP contribution in [-0.4, -0.2) is 31.0 Å². The third-order valence-electron chi connectivity index (χ3n) is 4.27. The fourth-order valence-electron chi connectivity index (χ4n) is 2.55. The van der Waals surface area contributed by atoms with Crippen molar-refractivity contribution in [1.82, 2.24) is 10.2 Å². The number of carbonyl (C=O) groups is 1. The number of nitrogens with one attached hydrogen (secondary N) is 1. The minimum atomic E-state index is -0.220. The molecule has 4 nitrogen and oxygen atoms in total. The van der Waals surface area contributed by atoms with E-state index in [-0.39, 0.29) is 18.0 Å². The molecule has 1 amide bonds. The zero-order valence-corrected chi connectivity index (χ0v) is 14.8. The Morgan fingerprint density at radius 3 is 2.50 bits per heavy atom. The molecule has 2 aromatic rings. The lowest BCUT2D eigenvalue weighted by Crippen LogP contribution is -2.43. The molecule has 2 aromatic carbocycles. The van der Waals surface area contributed by atoms with Crippen LogP contribution < -0.4 is 10.1 Å². The van der Waals surface area contributed by atoms with Gasteiger partial charge in [0.1, 0.15) is 5.75 Å². The molecular formula is C20H26N2O2. The first-order valence-electron chi connectivity index (χ1n) is 8.19. The summed E-state index contributed by atoms with van der Waals surface area (Å²) in [6, 6.07) is 17.7. The molecule has 0 aromatic heterocycles. The van der Waals surface area contributed by atoms with Crippen molar-refractivity contribution < 1.29 is 9.53 Å². The van der Waals surface area contributed by atoms with Gasteiger partial charge in [0, 0.05) is 6.54 Å². The third kappa shape index (κ3) is 4.83. The molecular weight excluding hydrogens is 300 g/mol. The van der Waals surface area contributed by atoms with E-state index in [2.05, 4.69) is 5.32 Å². The second-order valence-corrected chi connectivity index (χ2v) is 6.08. The minimum Gasteiger partial charge on any atom is -0.497 e. The highest BCUT2D eigenvalue weighted by molar-refractivity contribution is 5.81. The third-order valence-corrected chi connectivity index (χ3v) is 4.27. The average molecular weight is 326 g/mol.